The third kappa shape index (κ3) is 3.56. The number of thioether (sulfide) groups is 1. The summed E-state index contributed by atoms with van der Waals surface area (Å²) in [6.45, 7) is 6.39. The number of carbonyl (C=O) groups excluding carboxylic acids is 1. The standard InChI is InChI=1S/C20H27N3O2S2/c1-3-10-23-19(25)16-14-8-7-9-15(14)27-17(16)21-20(23)26-13(2)18(24)22-11-5-4-6-12-22/h13H,3-12H2,1-2H3/t13-/m0/s1. The number of hydrogen-bond donors (Lipinski definition) is 0. The summed E-state index contributed by atoms with van der Waals surface area (Å²) in [5.41, 5.74) is 1.31. The minimum Gasteiger partial charge on any atom is -0.342 e. The van der Waals surface area contributed by atoms with Crippen molar-refractivity contribution in [2.75, 3.05) is 13.1 Å². The Hall–Kier alpha value is -1.34. The van der Waals surface area contributed by atoms with Gasteiger partial charge in [-0.15, -0.1) is 11.3 Å². The fourth-order valence-electron chi connectivity index (χ4n) is 4.15. The molecule has 0 N–H and O–H groups in total. The molecular weight excluding hydrogens is 378 g/mol. The minimum atomic E-state index is -0.220. The van der Waals surface area contributed by atoms with Crippen LogP contribution in [0.2, 0.25) is 0 Å². The summed E-state index contributed by atoms with van der Waals surface area (Å²) < 4.78 is 1.80. The van der Waals surface area contributed by atoms with E-state index in [0.717, 1.165) is 61.8 Å². The first-order valence-electron chi connectivity index (χ1n) is 10.1. The molecule has 0 aromatic carbocycles. The average molecular weight is 406 g/mol. The Morgan fingerprint density at radius 2 is 2.00 bits per heavy atom. The minimum absolute atomic E-state index is 0.0846. The molecular formula is C20H27N3O2S2. The van der Waals surface area contributed by atoms with Crippen molar-refractivity contribution in [2.24, 2.45) is 0 Å². The molecule has 1 aliphatic carbocycles. The maximum absolute atomic E-state index is 13.2. The molecule has 1 atom stereocenters. The first-order chi connectivity index (χ1) is 13.1. The predicted octanol–water partition coefficient (Wildman–Crippen LogP) is 3.85. The van der Waals surface area contributed by atoms with Gasteiger partial charge in [-0.1, -0.05) is 18.7 Å². The van der Waals surface area contributed by atoms with Crippen molar-refractivity contribution in [2.45, 2.75) is 75.7 Å². The van der Waals surface area contributed by atoms with Crippen LogP contribution in [0.4, 0.5) is 0 Å². The van der Waals surface area contributed by atoms with Crippen molar-refractivity contribution in [3.63, 3.8) is 0 Å². The smallest absolute Gasteiger partial charge is 0.263 e. The molecule has 0 bridgehead atoms. The van der Waals surface area contributed by atoms with E-state index in [0.29, 0.717) is 11.7 Å². The highest BCUT2D eigenvalue weighted by Gasteiger charge is 2.27. The zero-order valence-electron chi connectivity index (χ0n) is 16.1. The van der Waals surface area contributed by atoms with Gasteiger partial charge in [-0.2, -0.15) is 0 Å². The highest BCUT2D eigenvalue weighted by Crippen LogP contribution is 2.36. The highest BCUT2D eigenvalue weighted by molar-refractivity contribution is 8.00. The molecule has 1 amide bonds. The predicted molar refractivity (Wildman–Crippen MR) is 112 cm³/mol. The molecule has 0 saturated carbocycles. The third-order valence-corrected chi connectivity index (χ3v) is 7.80. The largest absolute Gasteiger partial charge is 0.342 e. The number of hydrogen-bond acceptors (Lipinski definition) is 5. The molecule has 4 rings (SSSR count). The van der Waals surface area contributed by atoms with E-state index >= 15 is 0 Å². The normalized spacial score (nSPS) is 18.1. The fourth-order valence-corrected chi connectivity index (χ4v) is 6.47. The lowest BCUT2D eigenvalue weighted by molar-refractivity contribution is -0.131. The number of piperidine rings is 1. The molecule has 146 valence electrons. The van der Waals surface area contributed by atoms with Crippen LogP contribution in [-0.4, -0.2) is 38.7 Å². The van der Waals surface area contributed by atoms with Gasteiger partial charge in [0, 0.05) is 24.5 Å². The van der Waals surface area contributed by atoms with E-state index in [1.54, 1.807) is 15.9 Å². The fraction of sp³-hybridized carbons (Fsp3) is 0.650. The Morgan fingerprint density at radius 3 is 2.74 bits per heavy atom. The van der Waals surface area contributed by atoms with E-state index in [2.05, 4.69) is 6.92 Å². The summed E-state index contributed by atoms with van der Waals surface area (Å²) in [5, 5.41) is 1.31. The second-order valence-electron chi connectivity index (χ2n) is 7.53. The quantitative estimate of drug-likeness (QED) is 0.560. The zero-order valence-corrected chi connectivity index (χ0v) is 17.8. The van der Waals surface area contributed by atoms with Crippen molar-refractivity contribution >= 4 is 39.2 Å². The van der Waals surface area contributed by atoms with Crippen LogP contribution in [0.1, 0.15) is 56.4 Å². The third-order valence-electron chi connectivity index (χ3n) is 5.53. The van der Waals surface area contributed by atoms with Crippen LogP contribution in [0.15, 0.2) is 9.95 Å². The molecule has 1 fully saturated rings. The molecule has 2 aromatic heterocycles. The van der Waals surface area contributed by atoms with Gasteiger partial charge >= 0.3 is 0 Å². The second-order valence-corrected chi connectivity index (χ2v) is 9.93. The highest BCUT2D eigenvalue weighted by atomic mass is 32.2. The van der Waals surface area contributed by atoms with Crippen molar-refractivity contribution in [1.82, 2.24) is 14.5 Å². The Labute approximate surface area is 168 Å². The Kier molecular flexibility index (Phi) is 5.60. The van der Waals surface area contributed by atoms with Crippen molar-refractivity contribution in [3.8, 4) is 0 Å². The summed E-state index contributed by atoms with van der Waals surface area (Å²) in [4.78, 5) is 35.1. The lowest BCUT2D eigenvalue weighted by Gasteiger charge is -2.29. The summed E-state index contributed by atoms with van der Waals surface area (Å²) in [7, 11) is 0. The van der Waals surface area contributed by atoms with Crippen molar-refractivity contribution in [1.29, 1.82) is 0 Å². The van der Waals surface area contributed by atoms with Gasteiger partial charge in [0.25, 0.3) is 5.56 Å². The summed E-state index contributed by atoms with van der Waals surface area (Å²) >= 11 is 3.12. The first-order valence-corrected chi connectivity index (χ1v) is 11.8. The number of amides is 1. The molecule has 7 heteroatoms. The molecule has 0 radical (unpaired) electrons. The summed E-state index contributed by atoms with van der Waals surface area (Å²) in [6.07, 6.45) is 7.47. The van der Waals surface area contributed by atoms with Crippen molar-refractivity contribution in [3.05, 3.63) is 20.8 Å². The number of aryl methyl sites for hydroxylation is 2. The second kappa shape index (κ2) is 7.95. The number of thiophene rings is 1. The van der Waals surface area contributed by atoms with Gasteiger partial charge in [0.05, 0.1) is 10.6 Å². The molecule has 5 nitrogen and oxygen atoms in total. The van der Waals surface area contributed by atoms with Crippen LogP contribution in [-0.2, 0) is 24.2 Å². The number of likely N-dealkylation sites (tertiary alicyclic amines) is 1. The summed E-state index contributed by atoms with van der Waals surface area (Å²) in [6, 6.07) is 0. The Bertz CT molecular complexity index is 912. The van der Waals surface area contributed by atoms with E-state index in [1.807, 2.05) is 11.8 Å². The SMILES string of the molecule is CCCn1c(S[C@@H](C)C(=O)N2CCCCC2)nc2sc3c(c2c1=O)CCC3. The van der Waals surface area contributed by atoms with Crippen LogP contribution in [0.5, 0.6) is 0 Å². The lowest BCUT2D eigenvalue weighted by atomic mass is 10.1. The van der Waals surface area contributed by atoms with Crippen LogP contribution >= 0.6 is 23.1 Å². The topological polar surface area (TPSA) is 55.2 Å². The molecule has 0 unspecified atom stereocenters. The van der Waals surface area contributed by atoms with Crippen LogP contribution < -0.4 is 5.56 Å². The van der Waals surface area contributed by atoms with Crippen LogP contribution in [0, 0.1) is 0 Å². The van der Waals surface area contributed by atoms with Gasteiger partial charge in [0.1, 0.15) is 4.83 Å². The molecule has 1 aliphatic heterocycles. The Morgan fingerprint density at radius 1 is 1.22 bits per heavy atom. The number of nitrogens with zero attached hydrogens (tertiary/aromatic N) is 3. The Balaban J connectivity index is 1.67. The average Bonchev–Trinajstić information content (AvgIpc) is 3.25. The molecule has 0 spiro atoms. The number of fused-ring (bicyclic) bond motifs is 3. The van der Waals surface area contributed by atoms with Gasteiger partial charge < -0.3 is 4.90 Å². The van der Waals surface area contributed by atoms with Crippen LogP contribution in [0.3, 0.4) is 0 Å². The first kappa shape index (κ1) is 19.0. The number of carbonyl (C=O) groups is 1. The maximum atomic E-state index is 13.2. The number of aromatic nitrogens is 2. The van der Waals surface area contributed by atoms with Gasteiger partial charge in [-0.25, -0.2) is 4.98 Å². The molecule has 27 heavy (non-hydrogen) atoms. The maximum Gasteiger partial charge on any atom is 0.263 e. The van der Waals surface area contributed by atoms with Gasteiger partial charge in [-0.05, 0) is 57.4 Å². The van der Waals surface area contributed by atoms with Gasteiger partial charge in [0.15, 0.2) is 5.16 Å². The lowest BCUT2D eigenvalue weighted by Crippen LogP contribution is -2.40. The van der Waals surface area contributed by atoms with E-state index in [9.17, 15) is 9.59 Å². The van der Waals surface area contributed by atoms with E-state index in [4.69, 9.17) is 4.98 Å². The van der Waals surface area contributed by atoms with E-state index in [1.165, 1.54) is 28.6 Å². The molecule has 3 heterocycles. The molecule has 2 aromatic rings. The molecule has 1 saturated heterocycles. The summed E-state index contributed by atoms with van der Waals surface area (Å²) in [5.74, 6) is 0.172. The number of rotatable bonds is 5. The van der Waals surface area contributed by atoms with E-state index in [-0.39, 0.29) is 16.7 Å². The van der Waals surface area contributed by atoms with Crippen molar-refractivity contribution < 1.29 is 4.79 Å². The van der Waals surface area contributed by atoms with Gasteiger partial charge in [-0.3, -0.25) is 14.2 Å². The monoisotopic (exact) mass is 405 g/mol. The van der Waals surface area contributed by atoms with Crippen LogP contribution in [0.25, 0.3) is 10.2 Å². The molecule has 2 aliphatic rings. The zero-order chi connectivity index (χ0) is 19.0. The van der Waals surface area contributed by atoms with E-state index < -0.39 is 0 Å². The van der Waals surface area contributed by atoms with Gasteiger partial charge in [0.2, 0.25) is 5.91 Å².